The molecule has 0 bridgehead atoms. The summed E-state index contributed by atoms with van der Waals surface area (Å²) in [7, 11) is 6.32. The summed E-state index contributed by atoms with van der Waals surface area (Å²) < 4.78 is 21.6. The van der Waals surface area contributed by atoms with Crippen LogP contribution in [0, 0.1) is 5.92 Å². The fourth-order valence-electron chi connectivity index (χ4n) is 5.60. The quantitative estimate of drug-likeness (QED) is 0.581. The van der Waals surface area contributed by atoms with E-state index in [1.54, 1.807) is 40.6 Å². The number of hydrogen-bond donors (Lipinski definition) is 1. The van der Waals surface area contributed by atoms with Gasteiger partial charge in [-0.3, -0.25) is 4.79 Å². The molecule has 2 fully saturated rings. The molecule has 7 heteroatoms. The van der Waals surface area contributed by atoms with Crippen molar-refractivity contribution in [3.63, 3.8) is 0 Å². The Balaban J connectivity index is 1.65. The summed E-state index contributed by atoms with van der Waals surface area (Å²) in [5, 5.41) is 11.5. The minimum atomic E-state index is -0.736. The third-order valence-electron chi connectivity index (χ3n) is 7.41. The predicted molar refractivity (Wildman–Crippen MR) is 134 cm³/mol. The maximum atomic E-state index is 13.5. The van der Waals surface area contributed by atoms with Crippen molar-refractivity contribution in [1.29, 1.82) is 0 Å². The zero-order valence-electron chi connectivity index (χ0n) is 21.0. The van der Waals surface area contributed by atoms with Crippen LogP contribution in [-0.2, 0) is 4.79 Å². The Morgan fingerprint density at radius 1 is 0.971 bits per heavy atom. The van der Waals surface area contributed by atoms with E-state index in [1.807, 2.05) is 41.3 Å². The summed E-state index contributed by atoms with van der Waals surface area (Å²) in [6.07, 6.45) is 7.71. The normalized spacial score (nSPS) is 24.1. The highest BCUT2D eigenvalue weighted by molar-refractivity contribution is 5.92. The molecule has 3 atom stereocenters. The van der Waals surface area contributed by atoms with Crippen LogP contribution in [0.4, 0.5) is 0 Å². The molecule has 2 aromatic carbocycles. The first-order chi connectivity index (χ1) is 16.9. The van der Waals surface area contributed by atoms with Gasteiger partial charge in [0.15, 0.2) is 11.5 Å². The molecule has 1 amide bonds. The van der Waals surface area contributed by atoms with Gasteiger partial charge in [-0.2, -0.15) is 0 Å². The number of aliphatic hydroxyl groups is 1. The van der Waals surface area contributed by atoms with Crippen LogP contribution in [0.2, 0.25) is 0 Å². The monoisotopic (exact) mass is 481 g/mol. The van der Waals surface area contributed by atoms with Crippen LogP contribution < -0.4 is 18.9 Å². The van der Waals surface area contributed by atoms with Gasteiger partial charge in [-0.15, -0.1) is 0 Å². The molecule has 7 nitrogen and oxygen atoms in total. The minimum absolute atomic E-state index is 0.00285. The molecule has 1 saturated heterocycles. The number of piperidine rings is 1. The van der Waals surface area contributed by atoms with Crippen molar-refractivity contribution in [1.82, 2.24) is 4.90 Å². The highest BCUT2D eigenvalue weighted by atomic mass is 16.5. The lowest BCUT2D eigenvalue weighted by molar-refractivity contribution is -0.150. The minimum Gasteiger partial charge on any atom is -0.497 e. The second-order valence-corrected chi connectivity index (χ2v) is 9.25. The summed E-state index contributed by atoms with van der Waals surface area (Å²) in [4.78, 5) is 15.4. The second-order valence-electron chi connectivity index (χ2n) is 9.25. The Morgan fingerprint density at radius 2 is 1.66 bits per heavy atom. The molecule has 0 radical (unpaired) electrons. The van der Waals surface area contributed by atoms with Gasteiger partial charge in [0.05, 0.1) is 40.1 Å². The topological polar surface area (TPSA) is 77.5 Å². The summed E-state index contributed by atoms with van der Waals surface area (Å²) >= 11 is 0. The summed E-state index contributed by atoms with van der Waals surface area (Å²) in [6, 6.07) is 11.3. The Hall–Kier alpha value is -3.19. The average Bonchev–Trinajstić information content (AvgIpc) is 2.90. The Kier molecular flexibility index (Phi) is 7.55. The predicted octanol–water partition coefficient (Wildman–Crippen LogP) is 4.63. The first-order valence-electron chi connectivity index (χ1n) is 12.1. The summed E-state index contributed by atoms with van der Waals surface area (Å²) in [5.41, 5.74) is 1.05. The zero-order valence-corrected chi connectivity index (χ0v) is 21.0. The maximum absolute atomic E-state index is 13.5. The van der Waals surface area contributed by atoms with Crippen LogP contribution in [0.3, 0.4) is 0 Å². The molecule has 4 rings (SSSR count). The van der Waals surface area contributed by atoms with Crippen molar-refractivity contribution in [3.8, 4) is 23.0 Å². The SMILES string of the molecule is COc1ccc([C@@H]2[C@H]3CCCC[C@@]3(O)CCN2C(=O)/C=C/c2cc(OC)c(OC)c(OC)c2)cc1. The number of ether oxygens (including phenoxy) is 4. The molecule has 1 heterocycles. The number of likely N-dealkylation sites (tertiary alicyclic amines) is 1. The number of fused-ring (bicyclic) bond motifs is 1. The number of amides is 1. The number of carbonyl (C=O) groups is 1. The smallest absolute Gasteiger partial charge is 0.247 e. The molecule has 0 spiro atoms. The molecule has 2 aliphatic rings. The fourth-order valence-corrected chi connectivity index (χ4v) is 5.60. The van der Waals surface area contributed by atoms with E-state index in [9.17, 15) is 9.90 Å². The summed E-state index contributed by atoms with van der Waals surface area (Å²) in [5.74, 6) is 2.24. The van der Waals surface area contributed by atoms with Crippen molar-refractivity contribution in [3.05, 3.63) is 53.6 Å². The first kappa shape index (κ1) is 24.9. The van der Waals surface area contributed by atoms with E-state index in [0.29, 0.717) is 30.2 Å². The molecular formula is C28H35NO6. The van der Waals surface area contributed by atoms with E-state index in [-0.39, 0.29) is 17.9 Å². The standard InChI is InChI=1S/C28H35NO6/c1-32-21-11-9-20(10-12-21)26-22-7-5-6-14-28(22,31)15-16-29(26)25(30)13-8-19-17-23(33-2)27(35-4)24(18-19)34-3/h8-13,17-18,22,26,31H,5-7,14-16H2,1-4H3/b13-8+/t22-,26-,28-/m1/s1. The average molecular weight is 482 g/mol. The molecule has 1 N–H and O–H groups in total. The number of methoxy groups -OCH3 is 4. The van der Waals surface area contributed by atoms with E-state index in [0.717, 1.165) is 42.6 Å². The van der Waals surface area contributed by atoms with Gasteiger partial charge in [-0.25, -0.2) is 0 Å². The lowest BCUT2D eigenvalue weighted by Gasteiger charge is -2.52. The third kappa shape index (κ3) is 4.96. The van der Waals surface area contributed by atoms with Gasteiger partial charge in [-0.05, 0) is 60.7 Å². The number of carbonyl (C=O) groups excluding carboxylic acids is 1. The van der Waals surface area contributed by atoms with Crippen LogP contribution in [0.5, 0.6) is 23.0 Å². The van der Waals surface area contributed by atoms with Crippen LogP contribution >= 0.6 is 0 Å². The molecule has 188 valence electrons. The maximum Gasteiger partial charge on any atom is 0.247 e. The van der Waals surface area contributed by atoms with Crippen LogP contribution in [0.1, 0.15) is 49.3 Å². The van der Waals surface area contributed by atoms with Crippen molar-refractivity contribution in [2.75, 3.05) is 35.0 Å². The van der Waals surface area contributed by atoms with E-state index in [1.165, 1.54) is 0 Å². The zero-order chi connectivity index (χ0) is 25.0. The molecule has 1 aliphatic heterocycles. The van der Waals surface area contributed by atoms with Crippen molar-refractivity contribution in [2.24, 2.45) is 5.92 Å². The number of nitrogens with zero attached hydrogens (tertiary/aromatic N) is 1. The fraction of sp³-hybridized carbons (Fsp3) is 0.464. The lowest BCUT2D eigenvalue weighted by Crippen LogP contribution is -2.56. The molecule has 35 heavy (non-hydrogen) atoms. The van der Waals surface area contributed by atoms with Crippen LogP contribution in [0.15, 0.2) is 42.5 Å². The van der Waals surface area contributed by atoms with Gasteiger partial charge >= 0.3 is 0 Å². The Labute approximate surface area is 207 Å². The van der Waals surface area contributed by atoms with Crippen molar-refractivity contribution >= 4 is 12.0 Å². The van der Waals surface area contributed by atoms with Gasteiger partial charge in [-0.1, -0.05) is 25.0 Å². The van der Waals surface area contributed by atoms with Gasteiger partial charge in [0, 0.05) is 18.5 Å². The molecule has 0 aromatic heterocycles. The van der Waals surface area contributed by atoms with E-state index < -0.39 is 5.60 Å². The summed E-state index contributed by atoms with van der Waals surface area (Å²) in [6.45, 7) is 0.502. The Bertz CT molecular complexity index is 1040. The second kappa shape index (κ2) is 10.6. The van der Waals surface area contributed by atoms with Gasteiger partial charge in [0.2, 0.25) is 11.7 Å². The molecule has 0 unspecified atom stereocenters. The van der Waals surface area contributed by atoms with E-state index >= 15 is 0 Å². The molecule has 1 aliphatic carbocycles. The highest BCUT2D eigenvalue weighted by Crippen LogP contribution is 2.49. The third-order valence-corrected chi connectivity index (χ3v) is 7.41. The number of hydrogen-bond acceptors (Lipinski definition) is 6. The van der Waals surface area contributed by atoms with Gasteiger partial charge in [0.25, 0.3) is 0 Å². The lowest BCUT2D eigenvalue weighted by atomic mass is 9.66. The molecule has 1 saturated carbocycles. The molecule has 2 aromatic rings. The van der Waals surface area contributed by atoms with E-state index in [4.69, 9.17) is 18.9 Å². The van der Waals surface area contributed by atoms with Crippen molar-refractivity contribution < 1.29 is 28.8 Å². The first-order valence-corrected chi connectivity index (χ1v) is 12.1. The number of rotatable bonds is 7. The van der Waals surface area contributed by atoms with Gasteiger partial charge < -0.3 is 29.0 Å². The largest absolute Gasteiger partial charge is 0.497 e. The Morgan fingerprint density at radius 3 is 2.26 bits per heavy atom. The van der Waals surface area contributed by atoms with Crippen LogP contribution in [0.25, 0.3) is 6.08 Å². The molecular weight excluding hydrogens is 446 g/mol. The van der Waals surface area contributed by atoms with Gasteiger partial charge in [0.1, 0.15) is 5.75 Å². The number of benzene rings is 2. The van der Waals surface area contributed by atoms with E-state index in [2.05, 4.69) is 0 Å². The van der Waals surface area contributed by atoms with Crippen molar-refractivity contribution in [2.45, 2.75) is 43.7 Å². The highest BCUT2D eigenvalue weighted by Gasteiger charge is 2.49. The van der Waals surface area contributed by atoms with Crippen LogP contribution in [-0.4, -0.2) is 56.5 Å².